The van der Waals surface area contributed by atoms with Crippen LogP contribution in [-0.4, -0.2) is 48.9 Å². The van der Waals surface area contributed by atoms with Crippen LogP contribution < -0.4 is 5.32 Å². The predicted octanol–water partition coefficient (Wildman–Crippen LogP) is 1.29. The normalized spacial score (nSPS) is 18.8. The number of nitrogens with zero attached hydrogens (tertiary/aromatic N) is 2. The molecule has 1 aliphatic heterocycles. The zero-order valence-electron chi connectivity index (χ0n) is 10.8. The number of aromatic nitrogens is 2. The lowest BCUT2D eigenvalue weighted by Crippen LogP contribution is -2.44. The largest absolute Gasteiger partial charge is 0.381 e. The summed E-state index contributed by atoms with van der Waals surface area (Å²) in [6.45, 7) is 2.68. The number of hydrogen-bond acceptors (Lipinski definition) is 7. The van der Waals surface area contributed by atoms with Crippen molar-refractivity contribution in [2.24, 2.45) is 0 Å². The topological polar surface area (TPSA) is 65.5 Å². The van der Waals surface area contributed by atoms with Crippen molar-refractivity contribution >= 4 is 16.7 Å². The lowest BCUT2D eigenvalue weighted by Gasteiger charge is -2.35. The lowest BCUT2D eigenvalue weighted by molar-refractivity contribution is -0.0807. The summed E-state index contributed by atoms with van der Waals surface area (Å²) in [5.74, 6) is 0.712. The third-order valence-electron chi connectivity index (χ3n) is 3.14. The molecule has 1 N–H and O–H groups in total. The van der Waals surface area contributed by atoms with Gasteiger partial charge in [-0.1, -0.05) is 0 Å². The average molecular weight is 273 g/mol. The molecule has 0 saturated carbocycles. The molecule has 0 unspecified atom stereocenters. The summed E-state index contributed by atoms with van der Waals surface area (Å²) in [6, 6.07) is 0. The highest BCUT2D eigenvalue weighted by molar-refractivity contribution is 7.09. The SMILES string of the molecule is COCc1nsc(NCC2(OC)CCOCC2)n1. The van der Waals surface area contributed by atoms with Crippen LogP contribution in [0.2, 0.25) is 0 Å². The van der Waals surface area contributed by atoms with E-state index in [2.05, 4.69) is 14.7 Å². The molecule has 2 rings (SSSR count). The van der Waals surface area contributed by atoms with Crippen LogP contribution in [0.5, 0.6) is 0 Å². The Balaban J connectivity index is 1.88. The van der Waals surface area contributed by atoms with E-state index in [9.17, 15) is 0 Å². The number of nitrogens with one attached hydrogen (secondary N) is 1. The number of methoxy groups -OCH3 is 2. The third-order valence-corrected chi connectivity index (χ3v) is 3.85. The van der Waals surface area contributed by atoms with E-state index in [1.54, 1.807) is 14.2 Å². The van der Waals surface area contributed by atoms with Gasteiger partial charge < -0.3 is 19.5 Å². The molecule has 0 atom stereocenters. The maximum atomic E-state index is 5.64. The molecule has 1 aromatic heterocycles. The molecule has 2 heterocycles. The molecule has 6 nitrogen and oxygen atoms in total. The van der Waals surface area contributed by atoms with Crippen molar-refractivity contribution in [3.63, 3.8) is 0 Å². The van der Waals surface area contributed by atoms with E-state index in [4.69, 9.17) is 14.2 Å². The highest BCUT2D eigenvalue weighted by Crippen LogP contribution is 2.25. The van der Waals surface area contributed by atoms with Crippen molar-refractivity contribution in [3.8, 4) is 0 Å². The summed E-state index contributed by atoms with van der Waals surface area (Å²) >= 11 is 1.35. The molecule has 0 amide bonds. The summed E-state index contributed by atoms with van der Waals surface area (Å²) < 4.78 is 20.2. The van der Waals surface area contributed by atoms with Crippen molar-refractivity contribution < 1.29 is 14.2 Å². The van der Waals surface area contributed by atoms with Crippen LogP contribution >= 0.6 is 11.5 Å². The van der Waals surface area contributed by atoms with E-state index in [1.165, 1.54) is 11.5 Å². The molecule has 1 saturated heterocycles. The summed E-state index contributed by atoms with van der Waals surface area (Å²) in [5.41, 5.74) is -0.147. The number of rotatable bonds is 6. The first-order chi connectivity index (χ1) is 8.78. The Kier molecular flexibility index (Phi) is 4.87. The number of hydrogen-bond donors (Lipinski definition) is 1. The average Bonchev–Trinajstić information content (AvgIpc) is 2.86. The van der Waals surface area contributed by atoms with Gasteiger partial charge in [0, 0.05) is 58.4 Å². The van der Waals surface area contributed by atoms with E-state index < -0.39 is 0 Å². The summed E-state index contributed by atoms with van der Waals surface area (Å²) in [4.78, 5) is 4.33. The maximum absolute atomic E-state index is 5.64. The Bertz CT molecular complexity index is 366. The van der Waals surface area contributed by atoms with Gasteiger partial charge in [0.1, 0.15) is 6.61 Å². The molecule has 0 radical (unpaired) electrons. The highest BCUT2D eigenvalue weighted by Gasteiger charge is 2.32. The van der Waals surface area contributed by atoms with Crippen molar-refractivity contribution in [2.75, 3.05) is 39.3 Å². The van der Waals surface area contributed by atoms with Crippen LogP contribution in [-0.2, 0) is 20.8 Å². The third kappa shape index (κ3) is 3.38. The van der Waals surface area contributed by atoms with Gasteiger partial charge in [-0.2, -0.15) is 4.37 Å². The van der Waals surface area contributed by atoms with Crippen LogP contribution in [0.1, 0.15) is 18.7 Å². The second kappa shape index (κ2) is 6.42. The number of ether oxygens (including phenoxy) is 3. The van der Waals surface area contributed by atoms with Crippen molar-refractivity contribution in [2.45, 2.75) is 25.0 Å². The first-order valence-electron chi connectivity index (χ1n) is 5.96. The van der Waals surface area contributed by atoms with Crippen molar-refractivity contribution in [3.05, 3.63) is 5.82 Å². The van der Waals surface area contributed by atoms with Crippen molar-refractivity contribution in [1.82, 2.24) is 9.36 Å². The molecule has 1 fully saturated rings. The molecule has 7 heteroatoms. The molecular weight excluding hydrogens is 254 g/mol. The van der Waals surface area contributed by atoms with Crippen LogP contribution in [0.4, 0.5) is 5.13 Å². The first-order valence-corrected chi connectivity index (χ1v) is 6.74. The monoisotopic (exact) mass is 273 g/mol. The second-order valence-electron chi connectivity index (χ2n) is 4.30. The lowest BCUT2D eigenvalue weighted by atomic mass is 9.94. The molecule has 0 aliphatic carbocycles. The van der Waals surface area contributed by atoms with Crippen molar-refractivity contribution in [1.29, 1.82) is 0 Å². The molecule has 0 bridgehead atoms. The van der Waals surface area contributed by atoms with Gasteiger partial charge in [0.15, 0.2) is 5.82 Å². The van der Waals surface area contributed by atoms with Gasteiger partial charge in [-0.05, 0) is 0 Å². The minimum absolute atomic E-state index is 0.147. The summed E-state index contributed by atoms with van der Waals surface area (Å²) in [5, 5.41) is 4.10. The van der Waals surface area contributed by atoms with Gasteiger partial charge in [0.2, 0.25) is 5.13 Å². The molecular formula is C11H19N3O3S. The van der Waals surface area contributed by atoms with Crippen LogP contribution in [0.15, 0.2) is 0 Å². The molecule has 0 aromatic carbocycles. The zero-order chi connectivity index (χ0) is 12.8. The van der Waals surface area contributed by atoms with Crippen LogP contribution in [0.3, 0.4) is 0 Å². The van der Waals surface area contributed by atoms with E-state index >= 15 is 0 Å². The molecule has 1 aromatic rings. The molecule has 1 aliphatic rings. The van der Waals surface area contributed by atoms with Crippen LogP contribution in [0, 0.1) is 0 Å². The summed E-state index contributed by atoms with van der Waals surface area (Å²) in [7, 11) is 3.39. The Morgan fingerprint density at radius 2 is 2.17 bits per heavy atom. The molecule has 18 heavy (non-hydrogen) atoms. The van der Waals surface area contributed by atoms with Crippen LogP contribution in [0.25, 0.3) is 0 Å². The minimum Gasteiger partial charge on any atom is -0.381 e. The fraction of sp³-hybridized carbons (Fsp3) is 0.818. The predicted molar refractivity (Wildman–Crippen MR) is 68.9 cm³/mol. The second-order valence-corrected chi connectivity index (χ2v) is 5.05. The maximum Gasteiger partial charge on any atom is 0.202 e. The van der Waals surface area contributed by atoms with E-state index in [0.29, 0.717) is 12.4 Å². The van der Waals surface area contributed by atoms with E-state index in [-0.39, 0.29) is 5.60 Å². The van der Waals surface area contributed by atoms with Gasteiger partial charge in [-0.25, -0.2) is 4.98 Å². The fourth-order valence-corrected chi connectivity index (χ4v) is 2.51. The van der Waals surface area contributed by atoms with Gasteiger partial charge in [-0.3, -0.25) is 0 Å². The van der Waals surface area contributed by atoms with E-state index in [0.717, 1.165) is 37.7 Å². The quantitative estimate of drug-likeness (QED) is 0.842. The minimum atomic E-state index is -0.147. The highest BCUT2D eigenvalue weighted by atomic mass is 32.1. The van der Waals surface area contributed by atoms with Gasteiger partial charge in [0.25, 0.3) is 0 Å². The number of anilines is 1. The Morgan fingerprint density at radius 1 is 1.39 bits per heavy atom. The Labute approximate surface area is 111 Å². The smallest absolute Gasteiger partial charge is 0.202 e. The van der Waals surface area contributed by atoms with Gasteiger partial charge in [-0.15, -0.1) is 0 Å². The Morgan fingerprint density at radius 3 is 2.83 bits per heavy atom. The Hall–Kier alpha value is -0.760. The van der Waals surface area contributed by atoms with Gasteiger partial charge in [0.05, 0.1) is 5.60 Å². The fourth-order valence-electron chi connectivity index (χ4n) is 1.95. The summed E-state index contributed by atoms with van der Waals surface area (Å²) in [6.07, 6.45) is 1.81. The van der Waals surface area contributed by atoms with Gasteiger partial charge >= 0.3 is 0 Å². The molecule has 0 spiro atoms. The first kappa shape index (κ1) is 13.7. The zero-order valence-corrected chi connectivity index (χ0v) is 11.6. The molecule has 102 valence electrons. The van der Waals surface area contributed by atoms with E-state index in [1.807, 2.05) is 0 Å². The standard InChI is InChI=1S/C11H19N3O3S/c1-15-7-9-13-10(18-14-9)12-8-11(16-2)3-5-17-6-4-11/h3-8H2,1-2H3,(H,12,13,14).